The minimum Gasteiger partial charge on any atom is -0.494 e. The molecular weight excluding hydrogens is 518 g/mol. The summed E-state index contributed by atoms with van der Waals surface area (Å²) in [6, 6.07) is 12.3. The molecule has 41 heavy (non-hydrogen) atoms. The molecule has 0 saturated heterocycles. The second-order valence-corrected chi connectivity index (χ2v) is 9.80. The number of nitrogens with one attached hydrogen (secondary N) is 4. The highest BCUT2D eigenvalue weighted by Crippen LogP contribution is 2.38. The highest BCUT2D eigenvalue weighted by molar-refractivity contribution is 6.06. The number of nitrogens with zero attached hydrogens (tertiary/aromatic N) is 3. The van der Waals surface area contributed by atoms with Gasteiger partial charge in [-0.1, -0.05) is 31.7 Å². The molecular formula is C31H39N7O3. The van der Waals surface area contributed by atoms with Crippen LogP contribution < -0.4 is 30.9 Å². The third-order valence-electron chi connectivity index (χ3n) is 7.39. The van der Waals surface area contributed by atoms with Gasteiger partial charge < -0.3 is 40.2 Å². The molecule has 10 heteroatoms. The maximum atomic E-state index is 12.4. The van der Waals surface area contributed by atoms with Crippen LogP contribution in [-0.4, -0.2) is 62.9 Å². The van der Waals surface area contributed by atoms with Gasteiger partial charge in [0.2, 0.25) is 11.9 Å². The van der Waals surface area contributed by atoms with Gasteiger partial charge in [-0.25, -0.2) is 4.99 Å². The number of fused-ring (bicyclic) bond motifs is 3. The summed E-state index contributed by atoms with van der Waals surface area (Å²) in [6.45, 7) is 13.7. The Morgan fingerprint density at radius 2 is 2.12 bits per heavy atom. The number of anilines is 3. The van der Waals surface area contributed by atoms with Gasteiger partial charge >= 0.3 is 0 Å². The molecule has 2 aliphatic heterocycles. The smallest absolute Gasteiger partial charge is 0.247 e. The number of carbonyl (C=O) groups is 1. The van der Waals surface area contributed by atoms with E-state index in [4.69, 9.17) is 9.47 Å². The summed E-state index contributed by atoms with van der Waals surface area (Å²) in [5.41, 5.74) is 6.69. The van der Waals surface area contributed by atoms with Gasteiger partial charge in [-0.15, -0.1) is 0 Å². The summed E-state index contributed by atoms with van der Waals surface area (Å²) in [7, 11) is 1.64. The van der Waals surface area contributed by atoms with Crippen LogP contribution >= 0.6 is 0 Å². The lowest BCUT2D eigenvalue weighted by molar-refractivity contribution is -0.111. The molecule has 0 saturated carbocycles. The van der Waals surface area contributed by atoms with E-state index in [-0.39, 0.29) is 5.91 Å². The Morgan fingerprint density at radius 3 is 2.90 bits per heavy atom. The van der Waals surface area contributed by atoms with E-state index in [1.807, 2.05) is 12.1 Å². The summed E-state index contributed by atoms with van der Waals surface area (Å²) in [5.74, 6) is 0.949. The van der Waals surface area contributed by atoms with Crippen LogP contribution in [0.2, 0.25) is 0 Å². The standard InChI is InChI=1S/C31H39N7O3/c1-5-29(39)34-23-18-24(28(40-4)19-26(23)37(7-3)15-14-32-6-2)36-31-33-13-12-22(35-31)30-21-10-8-9-11-25(21)38-16-17-41-20-27(30)38/h5,8-12,18-19,32H,1,6-7,13-17,20H2,2-4H3,(H,34,39)(H2,33,35,36). The Labute approximate surface area is 241 Å². The molecule has 1 aromatic heterocycles. The van der Waals surface area contributed by atoms with Gasteiger partial charge in [0.15, 0.2) is 0 Å². The third-order valence-corrected chi connectivity index (χ3v) is 7.39. The van der Waals surface area contributed by atoms with Gasteiger partial charge in [-0.2, -0.15) is 0 Å². The molecule has 0 unspecified atom stereocenters. The molecule has 0 fully saturated rings. The third kappa shape index (κ3) is 5.94. The zero-order valence-electron chi connectivity index (χ0n) is 24.0. The predicted octanol–water partition coefficient (Wildman–Crippen LogP) is 4.15. The van der Waals surface area contributed by atoms with E-state index in [0.717, 1.165) is 55.4 Å². The summed E-state index contributed by atoms with van der Waals surface area (Å²) >= 11 is 0. The molecule has 3 heterocycles. The molecule has 10 nitrogen and oxygen atoms in total. The number of methoxy groups -OCH3 is 1. The monoisotopic (exact) mass is 557 g/mol. The van der Waals surface area contributed by atoms with Crippen molar-refractivity contribution in [3.8, 4) is 5.75 Å². The van der Waals surface area contributed by atoms with E-state index in [0.29, 0.717) is 42.8 Å². The number of ether oxygens (including phenoxy) is 2. The van der Waals surface area contributed by atoms with Crippen molar-refractivity contribution in [1.29, 1.82) is 0 Å². The number of amides is 1. The molecule has 1 amide bonds. The second-order valence-electron chi connectivity index (χ2n) is 9.80. The number of guanidine groups is 1. The number of carbonyl (C=O) groups excluding carboxylic acids is 1. The van der Waals surface area contributed by atoms with E-state index < -0.39 is 0 Å². The number of aliphatic imine (C=N–C) groups is 1. The maximum Gasteiger partial charge on any atom is 0.247 e. The largest absolute Gasteiger partial charge is 0.494 e. The van der Waals surface area contributed by atoms with Gasteiger partial charge in [0.1, 0.15) is 5.75 Å². The average Bonchev–Trinajstić information content (AvgIpc) is 3.34. The fourth-order valence-corrected chi connectivity index (χ4v) is 5.42. The second kappa shape index (κ2) is 12.9. The Bertz CT molecular complexity index is 1490. The molecule has 4 N–H and O–H groups in total. The normalized spacial score (nSPS) is 14.4. The topological polar surface area (TPSA) is 104 Å². The predicted molar refractivity (Wildman–Crippen MR) is 167 cm³/mol. The zero-order valence-corrected chi connectivity index (χ0v) is 24.0. The van der Waals surface area contributed by atoms with Crippen molar-refractivity contribution >= 4 is 45.5 Å². The average molecular weight is 558 g/mol. The molecule has 216 valence electrons. The van der Waals surface area contributed by atoms with E-state index in [9.17, 15) is 4.79 Å². The molecule has 2 aliphatic rings. The van der Waals surface area contributed by atoms with E-state index in [2.05, 4.69) is 86.5 Å². The van der Waals surface area contributed by atoms with Gasteiger partial charge in [-0.3, -0.25) is 4.79 Å². The quantitative estimate of drug-likeness (QED) is 0.207. The van der Waals surface area contributed by atoms with Crippen LogP contribution in [0.5, 0.6) is 5.75 Å². The number of para-hydroxylation sites is 1. The van der Waals surface area contributed by atoms with Crippen molar-refractivity contribution in [2.24, 2.45) is 4.99 Å². The fraction of sp³-hybridized carbons (Fsp3) is 0.355. The van der Waals surface area contributed by atoms with Crippen molar-refractivity contribution in [2.45, 2.75) is 27.0 Å². The molecule has 3 aromatic rings. The zero-order chi connectivity index (χ0) is 28.8. The van der Waals surface area contributed by atoms with Crippen molar-refractivity contribution in [3.05, 3.63) is 66.4 Å². The van der Waals surface area contributed by atoms with E-state index >= 15 is 0 Å². The molecule has 5 rings (SSSR count). The summed E-state index contributed by atoms with van der Waals surface area (Å²) in [4.78, 5) is 19.3. The highest BCUT2D eigenvalue weighted by atomic mass is 16.5. The van der Waals surface area contributed by atoms with Crippen LogP contribution in [0.1, 0.15) is 25.1 Å². The van der Waals surface area contributed by atoms with Gasteiger partial charge in [0.05, 0.1) is 49.6 Å². The number of hydrogen-bond donors (Lipinski definition) is 4. The van der Waals surface area contributed by atoms with Gasteiger partial charge in [0, 0.05) is 54.4 Å². The van der Waals surface area contributed by atoms with Crippen LogP contribution in [0.25, 0.3) is 16.6 Å². The first-order valence-electron chi connectivity index (χ1n) is 14.2. The Hall–Kier alpha value is -4.28. The SMILES string of the molecule is C=CC(=O)Nc1cc(NC2=NCC=C(c3c4n(c5ccccc35)CCOC4)N2)c(OC)cc1N(CC)CCNCC. The molecule has 0 atom stereocenters. The van der Waals surface area contributed by atoms with E-state index in [1.165, 1.54) is 17.0 Å². The number of rotatable bonds is 11. The molecule has 2 aromatic carbocycles. The van der Waals surface area contributed by atoms with Crippen molar-refractivity contribution < 1.29 is 14.3 Å². The number of hydrogen-bond acceptors (Lipinski definition) is 8. The van der Waals surface area contributed by atoms with Crippen molar-refractivity contribution in [2.75, 3.05) is 62.0 Å². The number of likely N-dealkylation sites (N-methyl/N-ethyl adjacent to an activating group) is 2. The fourth-order valence-electron chi connectivity index (χ4n) is 5.42. The number of aromatic nitrogens is 1. The highest BCUT2D eigenvalue weighted by Gasteiger charge is 2.25. The molecule has 0 spiro atoms. The van der Waals surface area contributed by atoms with Crippen LogP contribution in [0.3, 0.4) is 0 Å². The minimum absolute atomic E-state index is 0.281. The van der Waals surface area contributed by atoms with Crippen LogP contribution in [0, 0.1) is 0 Å². The lowest BCUT2D eigenvalue weighted by atomic mass is 10.1. The molecule has 0 radical (unpaired) electrons. The molecule has 0 bridgehead atoms. The first kappa shape index (κ1) is 28.3. The Balaban J connectivity index is 1.45. The number of benzene rings is 2. The van der Waals surface area contributed by atoms with Crippen LogP contribution in [0.4, 0.5) is 17.1 Å². The lowest BCUT2D eigenvalue weighted by Gasteiger charge is -2.28. The van der Waals surface area contributed by atoms with Gasteiger partial charge in [0.25, 0.3) is 0 Å². The maximum absolute atomic E-state index is 12.4. The molecule has 0 aliphatic carbocycles. The summed E-state index contributed by atoms with van der Waals surface area (Å²) in [6.07, 6.45) is 3.37. The van der Waals surface area contributed by atoms with Gasteiger partial charge in [-0.05, 0) is 37.8 Å². The Kier molecular flexibility index (Phi) is 8.91. The van der Waals surface area contributed by atoms with Crippen LogP contribution in [-0.2, 0) is 22.7 Å². The summed E-state index contributed by atoms with van der Waals surface area (Å²) < 4.78 is 14.0. The van der Waals surface area contributed by atoms with E-state index in [1.54, 1.807) is 7.11 Å². The van der Waals surface area contributed by atoms with Crippen molar-refractivity contribution in [1.82, 2.24) is 15.2 Å². The van der Waals surface area contributed by atoms with Crippen LogP contribution in [0.15, 0.2) is 60.1 Å². The van der Waals surface area contributed by atoms with Crippen molar-refractivity contribution in [3.63, 3.8) is 0 Å². The first-order valence-corrected chi connectivity index (χ1v) is 14.2. The summed E-state index contributed by atoms with van der Waals surface area (Å²) in [5, 5.41) is 14.4. The first-order chi connectivity index (χ1) is 20.1. The lowest BCUT2D eigenvalue weighted by Crippen LogP contribution is -2.34. The minimum atomic E-state index is -0.281. The Morgan fingerprint density at radius 1 is 1.27 bits per heavy atom.